The zero-order chi connectivity index (χ0) is 15.1. The normalized spacial score (nSPS) is 16.9. The number of carbonyl (C=O) groups excluding carboxylic acids is 1. The summed E-state index contributed by atoms with van der Waals surface area (Å²) in [6.07, 6.45) is 4.78. The molecule has 1 aliphatic rings. The van der Waals surface area contributed by atoms with E-state index in [1.807, 2.05) is 6.92 Å². The molecule has 0 radical (unpaired) electrons. The Kier molecular flexibility index (Phi) is 6.58. The summed E-state index contributed by atoms with van der Waals surface area (Å²) >= 11 is 1.64. The van der Waals surface area contributed by atoms with Gasteiger partial charge >= 0.3 is 0 Å². The molecule has 1 fully saturated rings. The van der Waals surface area contributed by atoms with Crippen LogP contribution in [-0.2, 0) is 11.3 Å². The molecule has 2 N–H and O–H groups in total. The summed E-state index contributed by atoms with van der Waals surface area (Å²) in [4.78, 5) is 13.3. The minimum Gasteiger partial charge on any atom is -0.352 e. The monoisotopic (exact) mass is 306 g/mol. The topological polar surface area (TPSA) is 41.1 Å². The van der Waals surface area contributed by atoms with Gasteiger partial charge in [-0.15, -0.1) is 11.8 Å². The van der Waals surface area contributed by atoms with Gasteiger partial charge in [0.1, 0.15) is 0 Å². The van der Waals surface area contributed by atoms with Crippen LogP contribution < -0.4 is 10.6 Å². The van der Waals surface area contributed by atoms with Gasteiger partial charge < -0.3 is 10.6 Å². The van der Waals surface area contributed by atoms with Crippen molar-refractivity contribution in [3.8, 4) is 0 Å². The third kappa shape index (κ3) is 5.36. The van der Waals surface area contributed by atoms with Crippen LogP contribution in [0.2, 0.25) is 0 Å². The van der Waals surface area contributed by atoms with Gasteiger partial charge in [-0.1, -0.05) is 31.9 Å². The van der Waals surface area contributed by atoms with Crippen molar-refractivity contribution in [1.29, 1.82) is 0 Å². The Morgan fingerprint density at radius 1 is 1.29 bits per heavy atom. The van der Waals surface area contributed by atoms with E-state index in [-0.39, 0.29) is 11.2 Å². The Hall–Kier alpha value is -1.00. The zero-order valence-electron chi connectivity index (χ0n) is 13.0. The first-order valence-electron chi connectivity index (χ1n) is 7.95. The third-order valence-corrected chi connectivity index (χ3v) is 5.00. The summed E-state index contributed by atoms with van der Waals surface area (Å²) in [5.74, 6) is 0.170. The largest absolute Gasteiger partial charge is 0.352 e. The van der Waals surface area contributed by atoms with Gasteiger partial charge in [0, 0.05) is 17.5 Å². The molecule has 4 heteroatoms. The molecule has 116 valence electrons. The molecule has 1 unspecified atom stereocenters. The van der Waals surface area contributed by atoms with Crippen molar-refractivity contribution in [3.05, 3.63) is 29.8 Å². The van der Waals surface area contributed by atoms with Gasteiger partial charge in [-0.3, -0.25) is 4.79 Å². The molecular formula is C17H26N2OS. The van der Waals surface area contributed by atoms with Gasteiger partial charge in [-0.25, -0.2) is 0 Å². The standard InChI is InChI=1S/C17H26N2OS/c1-3-18-12-14-8-10-16(11-9-14)21-13(2)17(20)19-15-6-4-5-7-15/h8-11,13,15,18H,3-7,12H2,1-2H3,(H,19,20). The molecule has 3 nitrogen and oxygen atoms in total. The molecule has 1 amide bonds. The highest BCUT2D eigenvalue weighted by atomic mass is 32.2. The van der Waals surface area contributed by atoms with Crippen LogP contribution in [-0.4, -0.2) is 23.7 Å². The molecule has 2 rings (SSSR count). The first-order valence-corrected chi connectivity index (χ1v) is 8.83. The summed E-state index contributed by atoms with van der Waals surface area (Å²) < 4.78 is 0. The van der Waals surface area contributed by atoms with Crippen molar-refractivity contribution in [2.45, 2.75) is 62.3 Å². The highest BCUT2D eigenvalue weighted by molar-refractivity contribution is 8.00. The zero-order valence-corrected chi connectivity index (χ0v) is 13.8. The lowest BCUT2D eigenvalue weighted by Gasteiger charge is -2.16. The van der Waals surface area contributed by atoms with Crippen molar-refractivity contribution in [2.24, 2.45) is 0 Å². The van der Waals surface area contributed by atoms with E-state index in [9.17, 15) is 4.79 Å². The van der Waals surface area contributed by atoms with Gasteiger partial charge in [-0.05, 0) is 44.0 Å². The van der Waals surface area contributed by atoms with Gasteiger partial charge in [0.15, 0.2) is 0 Å². The fourth-order valence-electron chi connectivity index (χ4n) is 2.60. The second-order valence-corrected chi connectivity index (χ2v) is 7.09. The second kappa shape index (κ2) is 8.44. The van der Waals surface area contributed by atoms with E-state index in [0.29, 0.717) is 6.04 Å². The van der Waals surface area contributed by atoms with E-state index in [0.717, 1.165) is 30.8 Å². The summed E-state index contributed by atoms with van der Waals surface area (Å²) in [5.41, 5.74) is 1.28. The Balaban J connectivity index is 1.80. The van der Waals surface area contributed by atoms with E-state index in [4.69, 9.17) is 0 Å². The molecule has 0 heterocycles. The van der Waals surface area contributed by atoms with Crippen molar-refractivity contribution >= 4 is 17.7 Å². The van der Waals surface area contributed by atoms with E-state index in [2.05, 4.69) is 41.8 Å². The van der Waals surface area contributed by atoms with Crippen LogP contribution in [0.3, 0.4) is 0 Å². The van der Waals surface area contributed by atoms with Crippen molar-refractivity contribution in [2.75, 3.05) is 6.54 Å². The van der Waals surface area contributed by atoms with E-state index in [1.54, 1.807) is 11.8 Å². The Labute approximate surface area is 132 Å². The maximum absolute atomic E-state index is 12.2. The number of hydrogen-bond acceptors (Lipinski definition) is 3. The van der Waals surface area contributed by atoms with Gasteiger partial charge in [0.25, 0.3) is 0 Å². The molecule has 1 atom stereocenters. The molecule has 1 aliphatic carbocycles. The Morgan fingerprint density at radius 3 is 2.57 bits per heavy atom. The first kappa shape index (κ1) is 16.4. The lowest BCUT2D eigenvalue weighted by molar-refractivity contribution is -0.120. The van der Waals surface area contributed by atoms with E-state index >= 15 is 0 Å². The van der Waals surface area contributed by atoms with E-state index < -0.39 is 0 Å². The molecule has 0 aliphatic heterocycles. The number of carbonyl (C=O) groups is 1. The Morgan fingerprint density at radius 2 is 1.95 bits per heavy atom. The fraction of sp³-hybridized carbons (Fsp3) is 0.588. The van der Waals surface area contributed by atoms with Crippen molar-refractivity contribution in [1.82, 2.24) is 10.6 Å². The molecule has 0 spiro atoms. The highest BCUT2D eigenvalue weighted by Crippen LogP contribution is 2.25. The van der Waals surface area contributed by atoms with Crippen LogP contribution in [0.5, 0.6) is 0 Å². The van der Waals surface area contributed by atoms with Crippen molar-refractivity contribution in [3.63, 3.8) is 0 Å². The summed E-state index contributed by atoms with van der Waals surface area (Å²) in [6, 6.07) is 8.88. The second-order valence-electron chi connectivity index (χ2n) is 5.67. The molecule has 1 saturated carbocycles. The van der Waals surface area contributed by atoms with Crippen LogP contribution in [0.15, 0.2) is 29.2 Å². The minimum absolute atomic E-state index is 0.0368. The average Bonchev–Trinajstić information content (AvgIpc) is 2.99. The quantitative estimate of drug-likeness (QED) is 0.759. The summed E-state index contributed by atoms with van der Waals surface area (Å²) in [5, 5.41) is 6.44. The first-order chi connectivity index (χ1) is 10.2. The number of thioether (sulfide) groups is 1. The Bertz CT molecular complexity index is 441. The molecule has 1 aromatic rings. The summed E-state index contributed by atoms with van der Waals surface area (Å²) in [7, 11) is 0. The van der Waals surface area contributed by atoms with Crippen LogP contribution in [0.4, 0.5) is 0 Å². The number of nitrogens with one attached hydrogen (secondary N) is 2. The lowest BCUT2D eigenvalue weighted by atomic mass is 10.2. The van der Waals surface area contributed by atoms with Gasteiger partial charge in [-0.2, -0.15) is 0 Å². The third-order valence-electron chi connectivity index (χ3n) is 3.89. The molecular weight excluding hydrogens is 280 g/mol. The van der Waals surface area contributed by atoms with Crippen LogP contribution in [0.1, 0.15) is 45.1 Å². The minimum atomic E-state index is -0.0368. The number of amides is 1. The molecule has 1 aromatic carbocycles. The molecule has 0 bridgehead atoms. The maximum Gasteiger partial charge on any atom is 0.233 e. The molecule has 21 heavy (non-hydrogen) atoms. The SMILES string of the molecule is CCNCc1ccc(SC(C)C(=O)NC2CCCC2)cc1. The smallest absolute Gasteiger partial charge is 0.233 e. The molecule has 0 aromatic heterocycles. The van der Waals surface area contributed by atoms with Crippen LogP contribution in [0, 0.1) is 0 Å². The average molecular weight is 306 g/mol. The fourth-order valence-corrected chi connectivity index (χ4v) is 3.48. The molecule has 0 saturated heterocycles. The van der Waals surface area contributed by atoms with E-state index in [1.165, 1.54) is 18.4 Å². The predicted octanol–water partition coefficient (Wildman–Crippen LogP) is 3.34. The van der Waals surface area contributed by atoms with Crippen molar-refractivity contribution < 1.29 is 4.79 Å². The van der Waals surface area contributed by atoms with Crippen LogP contribution >= 0.6 is 11.8 Å². The number of hydrogen-bond donors (Lipinski definition) is 2. The van der Waals surface area contributed by atoms with Gasteiger partial charge in [0.2, 0.25) is 5.91 Å². The highest BCUT2D eigenvalue weighted by Gasteiger charge is 2.21. The van der Waals surface area contributed by atoms with Gasteiger partial charge in [0.05, 0.1) is 5.25 Å². The lowest BCUT2D eigenvalue weighted by Crippen LogP contribution is -2.37. The maximum atomic E-state index is 12.2. The van der Waals surface area contributed by atoms with Crippen LogP contribution in [0.25, 0.3) is 0 Å². The number of benzene rings is 1. The summed E-state index contributed by atoms with van der Waals surface area (Å²) in [6.45, 7) is 5.98. The predicted molar refractivity (Wildman–Crippen MR) is 89.5 cm³/mol. The number of rotatable bonds is 7.